The third-order valence-corrected chi connectivity index (χ3v) is 4.94. The molecule has 1 heterocycles. The van der Waals surface area contributed by atoms with Crippen LogP contribution in [0.3, 0.4) is 0 Å². The highest BCUT2D eigenvalue weighted by atomic mass is 32.1. The van der Waals surface area contributed by atoms with E-state index >= 15 is 0 Å². The van der Waals surface area contributed by atoms with Crippen molar-refractivity contribution in [3.63, 3.8) is 0 Å². The van der Waals surface area contributed by atoms with Gasteiger partial charge in [-0.15, -0.1) is 11.3 Å². The molecular weight excluding hydrogens is 306 g/mol. The Balaban J connectivity index is 1.93. The van der Waals surface area contributed by atoms with E-state index in [1.807, 2.05) is 17.6 Å². The molecule has 1 aromatic heterocycles. The van der Waals surface area contributed by atoms with Crippen LogP contribution in [0.5, 0.6) is 5.75 Å². The molecule has 2 aromatic rings. The van der Waals surface area contributed by atoms with Crippen LogP contribution in [0.25, 0.3) is 10.6 Å². The largest absolute Gasteiger partial charge is 0.488 e. The van der Waals surface area contributed by atoms with Gasteiger partial charge in [0.25, 0.3) is 0 Å². The van der Waals surface area contributed by atoms with Crippen LogP contribution in [0.1, 0.15) is 31.7 Å². The molecule has 0 atom stereocenters. The molecule has 0 saturated heterocycles. The van der Waals surface area contributed by atoms with Crippen LogP contribution in [-0.2, 0) is 6.42 Å². The number of rotatable bonds is 6. The first-order valence-corrected chi connectivity index (χ1v) is 8.73. The highest BCUT2D eigenvalue weighted by molar-refractivity contribution is 7.13. The number of hydrogen-bond donors (Lipinski definition) is 0. The Kier molecular flexibility index (Phi) is 4.73. The molecule has 5 heteroatoms. The molecule has 0 amide bonds. The molecule has 3 rings (SSSR count). The average molecular weight is 325 g/mol. The monoisotopic (exact) mass is 325 g/mol. The van der Waals surface area contributed by atoms with Gasteiger partial charge in [-0.05, 0) is 30.8 Å². The summed E-state index contributed by atoms with van der Waals surface area (Å²) in [6, 6.07) is 6.30. The fraction of sp³-hybridized carbons (Fsp3) is 0.389. The maximum Gasteiger partial charge on any atom is 0.145 e. The lowest BCUT2D eigenvalue weighted by molar-refractivity contribution is 0.0899. The number of nitriles is 1. The van der Waals surface area contributed by atoms with Crippen LogP contribution in [0.2, 0.25) is 0 Å². The molecule has 118 valence electrons. The number of thiazole rings is 1. The topological polar surface area (TPSA) is 58.3 Å². The van der Waals surface area contributed by atoms with Gasteiger partial charge in [-0.1, -0.05) is 13.3 Å². The Morgan fingerprint density at radius 2 is 2.30 bits per heavy atom. The van der Waals surface area contributed by atoms with Crippen molar-refractivity contribution in [2.45, 2.75) is 38.7 Å². The summed E-state index contributed by atoms with van der Waals surface area (Å²) >= 11 is 1.62. The van der Waals surface area contributed by atoms with Crippen molar-refractivity contribution in [1.29, 1.82) is 5.26 Å². The number of aromatic nitrogens is 1. The molecule has 1 aromatic carbocycles. The summed E-state index contributed by atoms with van der Waals surface area (Å²) in [7, 11) is 0. The highest BCUT2D eigenvalue weighted by Crippen LogP contribution is 2.42. The summed E-state index contributed by atoms with van der Waals surface area (Å²) in [4.78, 5) is 8.67. The summed E-state index contributed by atoms with van der Waals surface area (Å²) < 4.78 is 6.06. The molecule has 0 N–H and O–H groups in total. The molecule has 1 aliphatic carbocycles. The lowest BCUT2D eigenvalue weighted by Crippen LogP contribution is -2.32. The number of benzene rings is 1. The van der Waals surface area contributed by atoms with Gasteiger partial charge in [-0.25, -0.2) is 4.98 Å². The predicted octanol–water partition coefficient (Wildman–Crippen LogP) is 4.78. The first-order chi connectivity index (χ1) is 11.3. The third kappa shape index (κ3) is 3.13. The summed E-state index contributed by atoms with van der Waals surface area (Å²) in [5, 5.41) is 11.9. The fourth-order valence-electron chi connectivity index (χ4n) is 2.89. The lowest BCUT2D eigenvalue weighted by Gasteiger charge is -2.31. The standard InChI is InChI=1S/C18H19N3OS/c1-3-4-14-15(18-21-7-8-23-18)5-6-16(17(14)20-2)22-13-9-12(10-13)11-19/h5-8,12-13H,2-4,9-10H2,1H3. The van der Waals surface area contributed by atoms with Gasteiger partial charge in [0.1, 0.15) is 22.5 Å². The maximum absolute atomic E-state index is 8.89. The van der Waals surface area contributed by atoms with E-state index in [1.165, 1.54) is 0 Å². The first-order valence-electron chi connectivity index (χ1n) is 7.85. The Morgan fingerprint density at radius 3 is 2.91 bits per heavy atom. The Hall–Kier alpha value is -2.19. The van der Waals surface area contributed by atoms with Gasteiger partial charge in [0.05, 0.1) is 12.0 Å². The van der Waals surface area contributed by atoms with Crippen LogP contribution in [0.4, 0.5) is 5.69 Å². The SMILES string of the molecule is C=Nc1c(OC2CC(C#N)C2)ccc(-c2nccs2)c1CCC. The van der Waals surface area contributed by atoms with Gasteiger partial charge in [0, 0.05) is 30.0 Å². The average Bonchev–Trinajstić information content (AvgIpc) is 3.05. The van der Waals surface area contributed by atoms with E-state index in [2.05, 4.69) is 35.8 Å². The van der Waals surface area contributed by atoms with E-state index < -0.39 is 0 Å². The minimum atomic E-state index is 0.111. The Morgan fingerprint density at radius 1 is 1.48 bits per heavy atom. The molecule has 1 fully saturated rings. The van der Waals surface area contributed by atoms with E-state index in [4.69, 9.17) is 10.00 Å². The summed E-state index contributed by atoms with van der Waals surface area (Å²) in [5.74, 6) is 0.898. The fourth-order valence-corrected chi connectivity index (χ4v) is 3.58. The molecule has 1 aliphatic rings. The predicted molar refractivity (Wildman–Crippen MR) is 93.5 cm³/mol. The van der Waals surface area contributed by atoms with Crippen molar-refractivity contribution in [1.82, 2.24) is 4.98 Å². The van der Waals surface area contributed by atoms with E-state index in [9.17, 15) is 0 Å². The second-order valence-electron chi connectivity index (χ2n) is 5.72. The quantitative estimate of drug-likeness (QED) is 0.718. The third-order valence-electron chi connectivity index (χ3n) is 4.14. The number of aliphatic imine (C=N–C) groups is 1. The Labute approximate surface area is 140 Å². The van der Waals surface area contributed by atoms with E-state index in [1.54, 1.807) is 11.3 Å². The summed E-state index contributed by atoms with van der Waals surface area (Å²) in [6.45, 7) is 5.89. The van der Waals surface area contributed by atoms with Gasteiger partial charge < -0.3 is 4.74 Å². The van der Waals surface area contributed by atoms with Crippen LogP contribution in [0, 0.1) is 17.2 Å². The number of hydrogen-bond acceptors (Lipinski definition) is 5. The van der Waals surface area contributed by atoms with E-state index in [0.717, 1.165) is 53.3 Å². The molecule has 23 heavy (non-hydrogen) atoms. The first kappa shape index (κ1) is 15.7. The van der Waals surface area contributed by atoms with Crippen molar-refractivity contribution in [3.8, 4) is 22.4 Å². The summed E-state index contributed by atoms with van der Waals surface area (Å²) in [6.07, 6.45) is 5.45. The van der Waals surface area contributed by atoms with Gasteiger partial charge in [-0.3, -0.25) is 4.99 Å². The van der Waals surface area contributed by atoms with E-state index in [0.29, 0.717) is 0 Å². The van der Waals surface area contributed by atoms with Crippen molar-refractivity contribution < 1.29 is 4.74 Å². The number of nitrogens with zero attached hydrogens (tertiary/aromatic N) is 3. The van der Waals surface area contributed by atoms with Gasteiger partial charge in [0.15, 0.2) is 0 Å². The molecule has 4 nitrogen and oxygen atoms in total. The normalized spacial score (nSPS) is 19.7. The molecule has 0 bridgehead atoms. The van der Waals surface area contributed by atoms with Crippen molar-refractivity contribution in [2.24, 2.45) is 10.9 Å². The maximum atomic E-state index is 8.89. The highest BCUT2D eigenvalue weighted by Gasteiger charge is 2.31. The molecular formula is C18H19N3OS. The zero-order valence-electron chi connectivity index (χ0n) is 13.2. The van der Waals surface area contributed by atoms with Crippen LogP contribution >= 0.6 is 11.3 Å². The van der Waals surface area contributed by atoms with Crippen molar-refractivity contribution in [2.75, 3.05) is 0 Å². The van der Waals surface area contributed by atoms with Crippen molar-refractivity contribution in [3.05, 3.63) is 29.3 Å². The minimum absolute atomic E-state index is 0.111. The van der Waals surface area contributed by atoms with Crippen LogP contribution in [0.15, 0.2) is 28.7 Å². The van der Waals surface area contributed by atoms with Gasteiger partial charge in [-0.2, -0.15) is 5.26 Å². The molecule has 0 unspecified atom stereocenters. The van der Waals surface area contributed by atoms with Gasteiger partial charge >= 0.3 is 0 Å². The van der Waals surface area contributed by atoms with Crippen LogP contribution in [-0.4, -0.2) is 17.8 Å². The molecule has 0 radical (unpaired) electrons. The second kappa shape index (κ2) is 6.93. The Bertz CT molecular complexity index is 727. The second-order valence-corrected chi connectivity index (χ2v) is 6.62. The van der Waals surface area contributed by atoms with E-state index in [-0.39, 0.29) is 12.0 Å². The smallest absolute Gasteiger partial charge is 0.145 e. The zero-order valence-corrected chi connectivity index (χ0v) is 14.0. The molecule has 1 saturated carbocycles. The zero-order chi connectivity index (χ0) is 16.2. The van der Waals surface area contributed by atoms with Gasteiger partial charge in [0.2, 0.25) is 0 Å². The summed E-state index contributed by atoms with van der Waals surface area (Å²) in [5.41, 5.74) is 3.08. The molecule has 0 aliphatic heterocycles. The number of ether oxygens (including phenoxy) is 1. The lowest BCUT2D eigenvalue weighted by atomic mass is 9.83. The molecule has 0 spiro atoms. The van der Waals surface area contributed by atoms with Crippen molar-refractivity contribution >= 4 is 23.7 Å². The minimum Gasteiger partial charge on any atom is -0.488 e. The van der Waals surface area contributed by atoms with Crippen LogP contribution < -0.4 is 4.74 Å².